The fourth-order valence-corrected chi connectivity index (χ4v) is 4.18. The molecule has 1 fully saturated rings. The van der Waals surface area contributed by atoms with Gasteiger partial charge in [0.15, 0.2) is 5.69 Å². The van der Waals surface area contributed by atoms with Crippen LogP contribution in [0, 0.1) is 6.92 Å². The van der Waals surface area contributed by atoms with Crippen LogP contribution >= 0.6 is 0 Å². The van der Waals surface area contributed by atoms with E-state index in [1.54, 1.807) is 24.3 Å². The number of hydrogen-bond acceptors (Lipinski definition) is 4. The zero-order chi connectivity index (χ0) is 19.5. The molecule has 2 aromatic heterocycles. The zero-order valence-corrected chi connectivity index (χ0v) is 16.1. The molecule has 1 aliphatic carbocycles. The van der Waals surface area contributed by atoms with Gasteiger partial charge in [0.2, 0.25) is 0 Å². The van der Waals surface area contributed by atoms with E-state index in [1.807, 2.05) is 6.20 Å². The quantitative estimate of drug-likeness (QED) is 0.713. The number of nitrogens with one attached hydrogen (secondary N) is 2. The van der Waals surface area contributed by atoms with Gasteiger partial charge in [0, 0.05) is 36.3 Å². The molecular formula is C21H25N5O2. The van der Waals surface area contributed by atoms with Crippen LogP contribution in [0.1, 0.15) is 60.2 Å². The molecule has 2 heterocycles. The minimum absolute atomic E-state index is 0.238. The molecule has 1 aromatic carbocycles. The molecule has 0 saturated heterocycles. The first-order valence-corrected chi connectivity index (χ1v) is 9.93. The Kier molecular flexibility index (Phi) is 5.23. The van der Waals surface area contributed by atoms with Crippen molar-refractivity contribution >= 4 is 16.7 Å². The van der Waals surface area contributed by atoms with E-state index in [4.69, 9.17) is 0 Å². The van der Waals surface area contributed by atoms with Crippen LogP contribution in [0.15, 0.2) is 35.3 Å². The van der Waals surface area contributed by atoms with Crippen LogP contribution in [-0.4, -0.2) is 32.2 Å². The van der Waals surface area contributed by atoms with Gasteiger partial charge in [0.05, 0.1) is 5.39 Å². The first kappa shape index (κ1) is 18.4. The van der Waals surface area contributed by atoms with Crippen molar-refractivity contribution in [2.45, 2.75) is 51.5 Å². The second-order valence-electron chi connectivity index (χ2n) is 7.43. The maximum atomic E-state index is 12.6. The van der Waals surface area contributed by atoms with Gasteiger partial charge >= 0.3 is 0 Å². The minimum atomic E-state index is -0.294. The minimum Gasteiger partial charge on any atom is -0.350 e. The van der Waals surface area contributed by atoms with Gasteiger partial charge in [0.25, 0.3) is 11.5 Å². The molecule has 0 spiro atoms. The van der Waals surface area contributed by atoms with Gasteiger partial charge in [-0.1, -0.05) is 37.5 Å². The number of fused-ring (bicyclic) bond motifs is 1. The third-order valence-corrected chi connectivity index (χ3v) is 5.54. The summed E-state index contributed by atoms with van der Waals surface area (Å²) in [7, 11) is 0. The third-order valence-electron chi connectivity index (χ3n) is 5.54. The van der Waals surface area contributed by atoms with E-state index in [0.29, 0.717) is 29.8 Å². The summed E-state index contributed by atoms with van der Waals surface area (Å²) in [6.45, 7) is 2.57. The summed E-state index contributed by atoms with van der Waals surface area (Å²) in [6, 6.07) is 7.52. The normalized spacial score (nSPS) is 15.0. The van der Waals surface area contributed by atoms with Crippen molar-refractivity contribution in [3.63, 3.8) is 0 Å². The molecule has 7 nitrogen and oxygen atoms in total. The van der Waals surface area contributed by atoms with Crippen molar-refractivity contribution in [3.8, 4) is 0 Å². The molecular weight excluding hydrogens is 354 g/mol. The van der Waals surface area contributed by atoms with E-state index in [0.717, 1.165) is 5.82 Å². The average molecular weight is 379 g/mol. The molecule has 0 atom stereocenters. The summed E-state index contributed by atoms with van der Waals surface area (Å²) >= 11 is 0. The molecule has 0 aliphatic heterocycles. The highest BCUT2D eigenvalue weighted by Gasteiger charge is 2.20. The van der Waals surface area contributed by atoms with E-state index in [9.17, 15) is 9.59 Å². The number of H-pyrrole nitrogens is 1. The van der Waals surface area contributed by atoms with Crippen LogP contribution in [-0.2, 0) is 6.42 Å². The third kappa shape index (κ3) is 3.56. The SMILES string of the molecule is Cc1cnc(CCNC(=O)c2n[nH]c(=O)c3ccccc23)n1C1CCCCC1. The number of aromatic amines is 1. The average Bonchev–Trinajstić information content (AvgIpc) is 3.09. The van der Waals surface area contributed by atoms with E-state index >= 15 is 0 Å². The maximum Gasteiger partial charge on any atom is 0.272 e. The fourth-order valence-electron chi connectivity index (χ4n) is 4.18. The molecule has 28 heavy (non-hydrogen) atoms. The second kappa shape index (κ2) is 7.96. The number of aryl methyl sites for hydroxylation is 1. The number of aromatic nitrogens is 4. The monoisotopic (exact) mass is 379 g/mol. The van der Waals surface area contributed by atoms with Gasteiger partial charge in [-0.3, -0.25) is 9.59 Å². The van der Waals surface area contributed by atoms with Crippen molar-refractivity contribution in [3.05, 3.63) is 58.0 Å². The Morgan fingerprint density at radius 3 is 2.75 bits per heavy atom. The molecule has 146 valence electrons. The molecule has 1 amide bonds. The Labute approximate surface area is 163 Å². The van der Waals surface area contributed by atoms with E-state index in [2.05, 4.69) is 32.0 Å². The summed E-state index contributed by atoms with van der Waals surface area (Å²) in [6.07, 6.45) is 8.83. The second-order valence-corrected chi connectivity index (χ2v) is 7.43. The smallest absolute Gasteiger partial charge is 0.272 e. The molecule has 0 unspecified atom stereocenters. The van der Waals surface area contributed by atoms with Crippen LogP contribution in [0.3, 0.4) is 0 Å². The van der Waals surface area contributed by atoms with E-state index < -0.39 is 0 Å². The number of benzene rings is 1. The summed E-state index contributed by atoms with van der Waals surface area (Å²) in [5.74, 6) is 0.726. The Bertz CT molecular complexity index is 1050. The van der Waals surface area contributed by atoms with Crippen LogP contribution in [0.25, 0.3) is 10.8 Å². The lowest BCUT2D eigenvalue weighted by Crippen LogP contribution is -2.29. The van der Waals surface area contributed by atoms with Gasteiger partial charge in [-0.25, -0.2) is 10.1 Å². The first-order valence-electron chi connectivity index (χ1n) is 9.93. The highest BCUT2D eigenvalue weighted by Crippen LogP contribution is 2.30. The van der Waals surface area contributed by atoms with Crippen molar-refractivity contribution in [2.24, 2.45) is 0 Å². The lowest BCUT2D eigenvalue weighted by molar-refractivity contribution is 0.0949. The van der Waals surface area contributed by atoms with Crippen molar-refractivity contribution in [1.82, 2.24) is 25.1 Å². The fraction of sp³-hybridized carbons (Fsp3) is 0.429. The van der Waals surface area contributed by atoms with E-state index in [1.165, 1.54) is 37.8 Å². The largest absolute Gasteiger partial charge is 0.350 e. The Morgan fingerprint density at radius 2 is 1.96 bits per heavy atom. The number of carbonyl (C=O) groups excluding carboxylic acids is 1. The zero-order valence-electron chi connectivity index (χ0n) is 16.1. The number of hydrogen-bond donors (Lipinski definition) is 2. The molecule has 1 aliphatic rings. The van der Waals surface area contributed by atoms with Gasteiger partial charge < -0.3 is 9.88 Å². The molecule has 1 saturated carbocycles. The number of carbonyl (C=O) groups is 1. The lowest BCUT2D eigenvalue weighted by Gasteiger charge is -2.26. The van der Waals surface area contributed by atoms with Crippen LogP contribution in [0.2, 0.25) is 0 Å². The maximum absolute atomic E-state index is 12.6. The van der Waals surface area contributed by atoms with Gasteiger partial charge in [-0.15, -0.1) is 0 Å². The van der Waals surface area contributed by atoms with Crippen LogP contribution < -0.4 is 10.9 Å². The van der Waals surface area contributed by atoms with Crippen LogP contribution in [0.4, 0.5) is 0 Å². The Morgan fingerprint density at radius 1 is 1.21 bits per heavy atom. The van der Waals surface area contributed by atoms with Gasteiger partial charge in [-0.2, -0.15) is 5.10 Å². The summed E-state index contributed by atoms with van der Waals surface area (Å²) in [5, 5.41) is 10.3. The molecule has 0 radical (unpaired) electrons. The standard InChI is InChI=1S/C21H25N5O2/c1-14-13-23-18(26(14)15-7-3-2-4-8-15)11-12-22-21(28)19-16-9-5-6-10-17(16)20(27)25-24-19/h5-6,9-10,13,15H,2-4,7-8,11-12H2,1H3,(H,22,28)(H,25,27). The van der Waals surface area contributed by atoms with E-state index in [-0.39, 0.29) is 17.2 Å². The molecule has 3 aromatic rings. The highest BCUT2D eigenvalue weighted by atomic mass is 16.2. The molecule has 7 heteroatoms. The van der Waals surface area contributed by atoms with Crippen molar-refractivity contribution in [1.29, 1.82) is 0 Å². The summed E-state index contributed by atoms with van der Waals surface area (Å²) < 4.78 is 2.35. The predicted molar refractivity (Wildman–Crippen MR) is 107 cm³/mol. The predicted octanol–water partition coefficient (Wildman–Crippen LogP) is 2.91. The number of imidazole rings is 1. The summed E-state index contributed by atoms with van der Waals surface area (Å²) in [4.78, 5) is 29.1. The number of rotatable bonds is 5. The number of amides is 1. The first-order chi connectivity index (χ1) is 13.6. The van der Waals surface area contributed by atoms with Crippen LogP contribution in [0.5, 0.6) is 0 Å². The number of nitrogens with zero attached hydrogens (tertiary/aromatic N) is 3. The van der Waals surface area contributed by atoms with Crippen molar-refractivity contribution in [2.75, 3.05) is 6.54 Å². The highest BCUT2D eigenvalue weighted by molar-refractivity contribution is 6.04. The van der Waals surface area contributed by atoms with Gasteiger partial charge in [-0.05, 0) is 25.8 Å². The topological polar surface area (TPSA) is 92.7 Å². The van der Waals surface area contributed by atoms with Crippen molar-refractivity contribution < 1.29 is 4.79 Å². The summed E-state index contributed by atoms with van der Waals surface area (Å²) in [5.41, 5.74) is 1.13. The van der Waals surface area contributed by atoms with Gasteiger partial charge in [0.1, 0.15) is 5.82 Å². The molecule has 0 bridgehead atoms. The Hall–Kier alpha value is -2.96. The lowest BCUT2D eigenvalue weighted by atomic mass is 9.95. The molecule has 4 rings (SSSR count). The molecule has 2 N–H and O–H groups in total. The Balaban J connectivity index is 1.46.